The lowest BCUT2D eigenvalue weighted by Crippen LogP contribution is -2.43. The highest BCUT2D eigenvalue weighted by Gasteiger charge is 2.42. The van der Waals surface area contributed by atoms with Gasteiger partial charge < -0.3 is 4.74 Å². The smallest absolute Gasteiger partial charge is 0.141 e. The first-order valence-electron chi connectivity index (χ1n) is 7.69. The standard InChI is InChI=1S/C16H22ClFN2O/c17-13-9-11(3-4-14(13)18)15(20-19)12-5-8-21-16(10-12)6-1-2-7-16/h3-4,9,12,15,20H,1-2,5-8,10,19H2. The van der Waals surface area contributed by atoms with Gasteiger partial charge in [-0.15, -0.1) is 0 Å². The van der Waals surface area contributed by atoms with Crippen LogP contribution in [0.2, 0.25) is 5.02 Å². The molecule has 1 aliphatic carbocycles. The number of benzene rings is 1. The summed E-state index contributed by atoms with van der Waals surface area (Å²) >= 11 is 5.91. The van der Waals surface area contributed by atoms with E-state index in [4.69, 9.17) is 22.2 Å². The number of hydrogen-bond acceptors (Lipinski definition) is 3. The molecule has 1 aromatic carbocycles. The van der Waals surface area contributed by atoms with Crippen LogP contribution < -0.4 is 11.3 Å². The summed E-state index contributed by atoms with van der Waals surface area (Å²) in [5.41, 5.74) is 3.90. The summed E-state index contributed by atoms with van der Waals surface area (Å²) in [6.45, 7) is 0.776. The summed E-state index contributed by atoms with van der Waals surface area (Å²) in [5, 5.41) is 0.149. The minimum Gasteiger partial charge on any atom is -0.375 e. The fourth-order valence-electron chi connectivity index (χ4n) is 3.93. The van der Waals surface area contributed by atoms with Gasteiger partial charge in [-0.25, -0.2) is 4.39 Å². The van der Waals surface area contributed by atoms with Crippen LogP contribution in [-0.2, 0) is 4.74 Å². The van der Waals surface area contributed by atoms with E-state index in [9.17, 15) is 4.39 Å². The summed E-state index contributed by atoms with van der Waals surface area (Å²) < 4.78 is 19.4. The largest absolute Gasteiger partial charge is 0.375 e. The quantitative estimate of drug-likeness (QED) is 0.660. The minimum atomic E-state index is -0.393. The number of hydrazine groups is 1. The molecule has 0 bridgehead atoms. The summed E-state index contributed by atoms with van der Waals surface area (Å²) in [5.74, 6) is 5.78. The van der Waals surface area contributed by atoms with Crippen LogP contribution in [0.4, 0.5) is 4.39 Å². The molecule has 1 aliphatic heterocycles. The zero-order chi connectivity index (χ0) is 14.9. The van der Waals surface area contributed by atoms with Crippen molar-refractivity contribution in [1.82, 2.24) is 5.43 Å². The predicted octanol–water partition coefficient (Wildman–Crippen LogP) is 3.72. The molecule has 1 spiro atoms. The van der Waals surface area contributed by atoms with Crippen molar-refractivity contribution in [3.8, 4) is 0 Å². The van der Waals surface area contributed by atoms with Crippen LogP contribution in [0.1, 0.15) is 50.1 Å². The van der Waals surface area contributed by atoms with Crippen molar-refractivity contribution < 1.29 is 9.13 Å². The summed E-state index contributed by atoms with van der Waals surface area (Å²) in [6, 6.07) is 4.84. The Morgan fingerprint density at radius 3 is 2.81 bits per heavy atom. The Labute approximate surface area is 130 Å². The molecule has 2 atom stereocenters. The number of nitrogens with two attached hydrogens (primary N) is 1. The van der Waals surface area contributed by atoms with Gasteiger partial charge in [-0.2, -0.15) is 0 Å². The SMILES string of the molecule is NNC(c1ccc(F)c(Cl)c1)C1CCOC2(CCCC2)C1. The Kier molecular flexibility index (Phi) is 4.50. The molecule has 2 fully saturated rings. The third-order valence-electron chi connectivity index (χ3n) is 5.00. The molecule has 0 amide bonds. The van der Waals surface area contributed by atoms with Crippen LogP contribution in [0.3, 0.4) is 0 Å². The number of hydrogen-bond donors (Lipinski definition) is 2. The van der Waals surface area contributed by atoms with Crippen molar-refractivity contribution in [2.75, 3.05) is 6.61 Å². The maximum atomic E-state index is 13.3. The number of rotatable bonds is 3. The Balaban J connectivity index is 1.80. The van der Waals surface area contributed by atoms with Crippen LogP contribution in [0, 0.1) is 11.7 Å². The average Bonchev–Trinajstić information content (AvgIpc) is 2.91. The first kappa shape index (κ1) is 15.2. The topological polar surface area (TPSA) is 47.3 Å². The highest BCUT2D eigenvalue weighted by Crippen LogP contribution is 2.45. The van der Waals surface area contributed by atoms with E-state index in [-0.39, 0.29) is 16.7 Å². The van der Waals surface area contributed by atoms with Gasteiger partial charge in [0.25, 0.3) is 0 Å². The van der Waals surface area contributed by atoms with Gasteiger partial charge in [0.1, 0.15) is 5.82 Å². The normalized spacial score (nSPS) is 26.1. The number of halogens is 2. The molecule has 2 aliphatic rings. The van der Waals surface area contributed by atoms with Gasteiger partial charge in [-0.1, -0.05) is 30.5 Å². The average molecular weight is 313 g/mol. The van der Waals surface area contributed by atoms with Crippen LogP contribution >= 0.6 is 11.6 Å². The zero-order valence-electron chi connectivity index (χ0n) is 12.1. The van der Waals surface area contributed by atoms with E-state index in [0.29, 0.717) is 5.92 Å². The zero-order valence-corrected chi connectivity index (χ0v) is 12.8. The van der Waals surface area contributed by atoms with Crippen LogP contribution in [0.25, 0.3) is 0 Å². The lowest BCUT2D eigenvalue weighted by atomic mass is 9.79. The van der Waals surface area contributed by atoms with Crippen molar-refractivity contribution in [3.63, 3.8) is 0 Å². The van der Waals surface area contributed by atoms with Crippen molar-refractivity contribution in [1.29, 1.82) is 0 Å². The molecular formula is C16H22ClFN2O. The first-order chi connectivity index (χ1) is 10.1. The second-order valence-corrected chi connectivity index (χ2v) is 6.72. The molecule has 0 aromatic heterocycles. The first-order valence-corrected chi connectivity index (χ1v) is 8.06. The van der Waals surface area contributed by atoms with E-state index in [2.05, 4.69) is 5.43 Å². The van der Waals surface area contributed by atoms with Gasteiger partial charge in [0, 0.05) is 12.6 Å². The highest BCUT2D eigenvalue weighted by atomic mass is 35.5. The maximum Gasteiger partial charge on any atom is 0.141 e. The van der Waals surface area contributed by atoms with Gasteiger partial charge in [-0.05, 0) is 49.3 Å². The fraction of sp³-hybridized carbons (Fsp3) is 0.625. The molecular weight excluding hydrogens is 291 g/mol. The van der Waals surface area contributed by atoms with Crippen LogP contribution in [0.5, 0.6) is 0 Å². The Morgan fingerprint density at radius 1 is 1.38 bits per heavy atom. The van der Waals surface area contributed by atoms with Gasteiger partial charge in [0.2, 0.25) is 0 Å². The third kappa shape index (κ3) is 3.09. The van der Waals surface area contributed by atoms with E-state index < -0.39 is 5.82 Å². The van der Waals surface area contributed by atoms with E-state index in [1.807, 2.05) is 0 Å². The summed E-state index contributed by atoms with van der Waals surface area (Å²) in [6.07, 6.45) is 6.75. The Hall–Kier alpha value is -0.680. The molecule has 1 saturated heterocycles. The third-order valence-corrected chi connectivity index (χ3v) is 5.29. The van der Waals surface area contributed by atoms with E-state index in [0.717, 1.165) is 37.9 Å². The molecule has 1 heterocycles. The van der Waals surface area contributed by atoms with Crippen molar-refractivity contribution in [3.05, 3.63) is 34.6 Å². The molecule has 3 N–H and O–H groups in total. The molecule has 3 nitrogen and oxygen atoms in total. The maximum absolute atomic E-state index is 13.3. The molecule has 2 unspecified atom stereocenters. The predicted molar refractivity (Wildman–Crippen MR) is 81.3 cm³/mol. The molecule has 116 valence electrons. The lowest BCUT2D eigenvalue weighted by molar-refractivity contribution is -0.0982. The lowest BCUT2D eigenvalue weighted by Gasteiger charge is -2.41. The van der Waals surface area contributed by atoms with E-state index >= 15 is 0 Å². The van der Waals surface area contributed by atoms with Gasteiger partial charge in [0.05, 0.1) is 10.6 Å². The summed E-state index contributed by atoms with van der Waals surface area (Å²) in [7, 11) is 0. The second-order valence-electron chi connectivity index (χ2n) is 6.31. The van der Waals surface area contributed by atoms with Crippen LogP contribution in [-0.4, -0.2) is 12.2 Å². The Bertz CT molecular complexity index is 505. The number of nitrogens with one attached hydrogen (secondary N) is 1. The minimum absolute atomic E-state index is 0.00975. The van der Waals surface area contributed by atoms with Gasteiger partial charge in [-0.3, -0.25) is 11.3 Å². The van der Waals surface area contributed by atoms with E-state index in [1.54, 1.807) is 12.1 Å². The second kappa shape index (κ2) is 6.21. The Morgan fingerprint density at radius 2 is 2.14 bits per heavy atom. The fourth-order valence-corrected chi connectivity index (χ4v) is 4.12. The van der Waals surface area contributed by atoms with Crippen molar-refractivity contribution in [2.24, 2.45) is 11.8 Å². The number of ether oxygens (including phenoxy) is 1. The molecule has 3 rings (SSSR count). The van der Waals surface area contributed by atoms with Crippen molar-refractivity contribution >= 4 is 11.6 Å². The van der Waals surface area contributed by atoms with Gasteiger partial charge >= 0.3 is 0 Å². The molecule has 5 heteroatoms. The molecule has 1 aromatic rings. The van der Waals surface area contributed by atoms with Gasteiger partial charge in [0.15, 0.2) is 0 Å². The molecule has 21 heavy (non-hydrogen) atoms. The summed E-state index contributed by atoms with van der Waals surface area (Å²) in [4.78, 5) is 0. The van der Waals surface area contributed by atoms with E-state index in [1.165, 1.54) is 18.9 Å². The van der Waals surface area contributed by atoms with Crippen LogP contribution in [0.15, 0.2) is 18.2 Å². The molecule has 0 radical (unpaired) electrons. The molecule has 1 saturated carbocycles. The van der Waals surface area contributed by atoms with Crippen molar-refractivity contribution in [2.45, 2.75) is 50.2 Å². The highest BCUT2D eigenvalue weighted by molar-refractivity contribution is 6.30. The monoisotopic (exact) mass is 312 g/mol.